The van der Waals surface area contributed by atoms with Crippen molar-refractivity contribution in [2.45, 2.75) is 32.2 Å². The minimum absolute atomic E-state index is 0.107. The topological polar surface area (TPSA) is 39.7 Å². The fourth-order valence-electron chi connectivity index (χ4n) is 4.16. The van der Waals surface area contributed by atoms with E-state index in [2.05, 4.69) is 46.0 Å². The van der Waals surface area contributed by atoms with Crippen molar-refractivity contribution in [3.05, 3.63) is 54.2 Å². The van der Waals surface area contributed by atoms with Gasteiger partial charge in [-0.2, -0.15) is 0 Å². The van der Waals surface area contributed by atoms with Crippen LogP contribution in [0.4, 0.5) is 11.5 Å². The maximum Gasteiger partial charge on any atom is 0.255 e. The Morgan fingerprint density at radius 2 is 1.78 bits per heavy atom. The molecule has 27 heavy (non-hydrogen) atoms. The van der Waals surface area contributed by atoms with E-state index in [1.54, 1.807) is 6.20 Å². The number of anilines is 2. The molecule has 2 aliphatic heterocycles. The molecule has 0 N–H and O–H groups in total. The number of rotatable bonds is 4. The van der Waals surface area contributed by atoms with Crippen LogP contribution in [0.1, 0.15) is 36.5 Å². The van der Waals surface area contributed by atoms with E-state index in [0.29, 0.717) is 5.56 Å². The maximum atomic E-state index is 13.1. The van der Waals surface area contributed by atoms with Crippen LogP contribution in [0.25, 0.3) is 0 Å². The molecule has 0 radical (unpaired) electrons. The predicted molar refractivity (Wildman–Crippen MR) is 109 cm³/mol. The van der Waals surface area contributed by atoms with Crippen LogP contribution in [0.2, 0.25) is 0 Å². The first kappa shape index (κ1) is 17.8. The van der Waals surface area contributed by atoms with Crippen LogP contribution in [-0.4, -0.2) is 54.6 Å². The number of hydrogen-bond acceptors (Lipinski definition) is 4. The molecular weight excluding hydrogens is 336 g/mol. The van der Waals surface area contributed by atoms with Gasteiger partial charge in [-0.05, 0) is 43.5 Å². The fraction of sp³-hybridized carbons (Fsp3) is 0.455. The Labute approximate surface area is 161 Å². The Bertz CT molecular complexity index is 756. The third-order valence-corrected chi connectivity index (χ3v) is 5.76. The van der Waals surface area contributed by atoms with Gasteiger partial charge in [-0.3, -0.25) is 4.79 Å². The highest BCUT2D eigenvalue weighted by molar-refractivity contribution is 5.94. The molecule has 142 valence electrons. The highest BCUT2D eigenvalue weighted by atomic mass is 16.2. The van der Waals surface area contributed by atoms with Crippen LogP contribution < -0.4 is 9.80 Å². The summed E-state index contributed by atoms with van der Waals surface area (Å²) in [4.78, 5) is 24.4. The van der Waals surface area contributed by atoms with E-state index >= 15 is 0 Å². The molecule has 1 unspecified atom stereocenters. The first-order valence-electron chi connectivity index (χ1n) is 10.1. The second-order valence-electron chi connectivity index (χ2n) is 7.44. The zero-order valence-electron chi connectivity index (χ0n) is 16.1. The Balaban J connectivity index is 1.45. The fourth-order valence-corrected chi connectivity index (χ4v) is 4.16. The number of hydrogen-bond donors (Lipinski definition) is 0. The van der Waals surface area contributed by atoms with Gasteiger partial charge in [-0.15, -0.1) is 0 Å². The SMILES string of the molecule is CCC1CN(c2ccccc2)CCN1C(=O)c1ccc(N2CCCC2)nc1. The van der Waals surface area contributed by atoms with Crippen molar-refractivity contribution in [3.8, 4) is 0 Å². The van der Waals surface area contributed by atoms with Crippen molar-refractivity contribution in [2.75, 3.05) is 42.5 Å². The van der Waals surface area contributed by atoms with Crippen molar-refractivity contribution >= 4 is 17.4 Å². The molecule has 3 heterocycles. The molecule has 2 fully saturated rings. The summed E-state index contributed by atoms with van der Waals surface area (Å²) in [6.45, 7) is 6.80. The average molecular weight is 364 g/mol. The lowest BCUT2D eigenvalue weighted by molar-refractivity contribution is 0.0651. The van der Waals surface area contributed by atoms with E-state index in [1.807, 2.05) is 23.1 Å². The number of amides is 1. The molecule has 1 aromatic carbocycles. The van der Waals surface area contributed by atoms with Crippen molar-refractivity contribution in [1.82, 2.24) is 9.88 Å². The van der Waals surface area contributed by atoms with Gasteiger partial charge in [0.1, 0.15) is 5.82 Å². The zero-order chi connectivity index (χ0) is 18.6. The van der Waals surface area contributed by atoms with E-state index in [1.165, 1.54) is 18.5 Å². The van der Waals surface area contributed by atoms with Gasteiger partial charge in [0, 0.05) is 50.6 Å². The van der Waals surface area contributed by atoms with Crippen LogP contribution in [-0.2, 0) is 0 Å². The summed E-state index contributed by atoms with van der Waals surface area (Å²) in [5.41, 5.74) is 1.93. The number of nitrogens with zero attached hydrogens (tertiary/aromatic N) is 4. The molecule has 0 bridgehead atoms. The predicted octanol–water partition coefficient (Wildman–Crippen LogP) is 3.42. The molecule has 1 atom stereocenters. The number of carbonyl (C=O) groups is 1. The van der Waals surface area contributed by atoms with Crippen molar-refractivity contribution in [2.24, 2.45) is 0 Å². The monoisotopic (exact) mass is 364 g/mol. The molecule has 4 rings (SSSR count). The Morgan fingerprint density at radius 1 is 1.00 bits per heavy atom. The van der Waals surface area contributed by atoms with Gasteiger partial charge in [0.2, 0.25) is 0 Å². The number of pyridine rings is 1. The molecule has 0 aliphatic carbocycles. The lowest BCUT2D eigenvalue weighted by atomic mass is 10.1. The smallest absolute Gasteiger partial charge is 0.255 e. The van der Waals surface area contributed by atoms with Gasteiger partial charge < -0.3 is 14.7 Å². The molecular formula is C22H28N4O. The van der Waals surface area contributed by atoms with Crippen LogP contribution >= 0.6 is 0 Å². The van der Waals surface area contributed by atoms with Crippen molar-refractivity contribution < 1.29 is 4.79 Å². The van der Waals surface area contributed by atoms with Crippen LogP contribution in [0.5, 0.6) is 0 Å². The summed E-state index contributed by atoms with van der Waals surface area (Å²) in [6, 6.07) is 14.6. The molecule has 1 aromatic heterocycles. The molecule has 5 heteroatoms. The molecule has 5 nitrogen and oxygen atoms in total. The lowest BCUT2D eigenvalue weighted by Gasteiger charge is -2.42. The van der Waals surface area contributed by atoms with Gasteiger partial charge in [-0.1, -0.05) is 25.1 Å². The third-order valence-electron chi connectivity index (χ3n) is 5.76. The summed E-state index contributed by atoms with van der Waals surface area (Å²) in [5.74, 6) is 1.10. The van der Waals surface area contributed by atoms with Crippen LogP contribution in [0.15, 0.2) is 48.7 Å². The normalized spacial score (nSPS) is 20.2. The van der Waals surface area contributed by atoms with Gasteiger partial charge in [0.05, 0.1) is 5.56 Å². The molecule has 2 saturated heterocycles. The number of para-hydroxylation sites is 1. The Hall–Kier alpha value is -2.56. The molecule has 2 aromatic rings. The van der Waals surface area contributed by atoms with E-state index < -0.39 is 0 Å². The van der Waals surface area contributed by atoms with Crippen LogP contribution in [0, 0.1) is 0 Å². The number of aromatic nitrogens is 1. The first-order valence-corrected chi connectivity index (χ1v) is 10.1. The summed E-state index contributed by atoms with van der Waals surface area (Å²) in [7, 11) is 0. The largest absolute Gasteiger partial charge is 0.368 e. The minimum atomic E-state index is 0.107. The molecule has 1 amide bonds. The number of piperazine rings is 1. The number of benzene rings is 1. The third kappa shape index (κ3) is 3.77. The second kappa shape index (κ2) is 7.99. The summed E-state index contributed by atoms with van der Waals surface area (Å²) >= 11 is 0. The van der Waals surface area contributed by atoms with E-state index in [0.717, 1.165) is 45.0 Å². The molecule has 0 spiro atoms. The van der Waals surface area contributed by atoms with Gasteiger partial charge in [-0.25, -0.2) is 4.98 Å². The van der Waals surface area contributed by atoms with Gasteiger partial charge >= 0.3 is 0 Å². The summed E-state index contributed by atoms with van der Waals surface area (Å²) < 4.78 is 0. The van der Waals surface area contributed by atoms with Gasteiger partial charge in [0.25, 0.3) is 5.91 Å². The average Bonchev–Trinajstić information content (AvgIpc) is 3.28. The minimum Gasteiger partial charge on any atom is -0.368 e. The van der Waals surface area contributed by atoms with E-state index in [4.69, 9.17) is 0 Å². The van der Waals surface area contributed by atoms with Gasteiger partial charge in [0.15, 0.2) is 0 Å². The standard InChI is InChI=1S/C22H28N4O/c1-2-19-17-25(20-8-4-3-5-9-20)14-15-26(19)22(27)18-10-11-21(23-16-18)24-12-6-7-13-24/h3-5,8-11,16,19H,2,6-7,12-15,17H2,1H3. The summed E-state index contributed by atoms with van der Waals surface area (Å²) in [6.07, 6.45) is 5.17. The maximum absolute atomic E-state index is 13.1. The van der Waals surface area contributed by atoms with Crippen LogP contribution in [0.3, 0.4) is 0 Å². The lowest BCUT2D eigenvalue weighted by Crippen LogP contribution is -2.55. The Morgan fingerprint density at radius 3 is 2.44 bits per heavy atom. The quantitative estimate of drug-likeness (QED) is 0.833. The second-order valence-corrected chi connectivity index (χ2v) is 7.44. The highest BCUT2D eigenvalue weighted by Crippen LogP contribution is 2.23. The summed E-state index contributed by atoms with van der Waals surface area (Å²) in [5, 5.41) is 0. The first-order chi connectivity index (χ1) is 13.3. The molecule has 0 saturated carbocycles. The number of carbonyl (C=O) groups excluding carboxylic acids is 1. The zero-order valence-corrected chi connectivity index (χ0v) is 16.1. The van der Waals surface area contributed by atoms with Crippen molar-refractivity contribution in [3.63, 3.8) is 0 Å². The van der Waals surface area contributed by atoms with E-state index in [-0.39, 0.29) is 11.9 Å². The highest BCUT2D eigenvalue weighted by Gasteiger charge is 2.30. The van der Waals surface area contributed by atoms with E-state index in [9.17, 15) is 4.79 Å². The Kier molecular flexibility index (Phi) is 5.28. The van der Waals surface area contributed by atoms with Crippen molar-refractivity contribution in [1.29, 1.82) is 0 Å². The molecule has 2 aliphatic rings.